The van der Waals surface area contributed by atoms with Crippen molar-refractivity contribution < 1.29 is 8.85 Å². The van der Waals surface area contributed by atoms with Gasteiger partial charge in [0.15, 0.2) is 0 Å². The van der Waals surface area contributed by atoms with E-state index in [9.17, 15) is 0 Å². The van der Waals surface area contributed by atoms with Gasteiger partial charge in [-0.1, -0.05) is 93.5 Å². The molecule has 0 saturated carbocycles. The van der Waals surface area contributed by atoms with Crippen LogP contribution in [0.2, 0.25) is 22.2 Å². The van der Waals surface area contributed by atoms with Crippen LogP contribution in [-0.4, -0.2) is 29.8 Å². The van der Waals surface area contributed by atoms with Crippen molar-refractivity contribution in [1.29, 1.82) is 0 Å². The Morgan fingerprint density at radius 1 is 0.571 bits per heavy atom. The van der Waals surface area contributed by atoms with E-state index in [0.717, 1.165) is 26.1 Å². The van der Waals surface area contributed by atoms with Crippen LogP contribution in [0.15, 0.2) is 24.3 Å². The van der Waals surface area contributed by atoms with Crippen molar-refractivity contribution in [3.63, 3.8) is 0 Å². The first-order chi connectivity index (χ1) is 13.1. The monoisotopic (exact) mass is 422 g/mol. The Balaban J connectivity index is 3.45. The smallest absolute Gasteiger partial charge is 0.229 e. The van der Waals surface area contributed by atoms with Gasteiger partial charge in [-0.15, -0.1) is 0 Å². The number of hydrogen-bond acceptors (Lipinski definition) is 2. The number of hydrogen-bond donors (Lipinski definition) is 0. The lowest BCUT2D eigenvalue weighted by molar-refractivity contribution is 0.294. The van der Waals surface area contributed by atoms with E-state index >= 15 is 0 Å². The lowest BCUT2D eigenvalue weighted by Gasteiger charge is -2.41. The van der Waals surface area contributed by atoms with E-state index < -0.39 is 16.6 Å². The fraction of sp³-hybridized carbons (Fsp3) is 0.750. The summed E-state index contributed by atoms with van der Waals surface area (Å²) in [4.78, 5) is 0. The van der Waals surface area contributed by atoms with Gasteiger partial charge in [0.05, 0.1) is 0 Å². The molecule has 0 amide bonds. The minimum atomic E-state index is -2.03. The SMILES string of the molecule is CCCO[Si](c1ccc([Si](OCCC)(C(C)C)C(C)C)cc1)(C(C)C)C(C)C. The van der Waals surface area contributed by atoms with Crippen LogP contribution in [0.4, 0.5) is 0 Å². The van der Waals surface area contributed by atoms with Crippen LogP contribution in [-0.2, 0) is 8.85 Å². The summed E-state index contributed by atoms with van der Waals surface area (Å²) < 4.78 is 13.4. The van der Waals surface area contributed by atoms with Crippen molar-refractivity contribution in [2.45, 2.75) is 104 Å². The van der Waals surface area contributed by atoms with Crippen LogP contribution in [0, 0.1) is 0 Å². The maximum Gasteiger partial charge on any atom is 0.229 e. The molecule has 0 aliphatic heterocycles. The second-order valence-electron chi connectivity index (χ2n) is 9.48. The van der Waals surface area contributed by atoms with Gasteiger partial charge < -0.3 is 8.85 Å². The summed E-state index contributed by atoms with van der Waals surface area (Å²) in [7, 11) is -4.07. The Morgan fingerprint density at radius 3 is 1.00 bits per heavy atom. The second kappa shape index (κ2) is 11.1. The predicted octanol–water partition coefficient (Wildman–Crippen LogP) is 6.48. The highest BCUT2D eigenvalue weighted by Gasteiger charge is 2.46. The molecule has 0 unspecified atom stereocenters. The first-order valence-electron chi connectivity index (χ1n) is 11.5. The van der Waals surface area contributed by atoms with Crippen LogP contribution < -0.4 is 10.4 Å². The first kappa shape index (κ1) is 25.6. The minimum Gasteiger partial charge on any atom is -0.412 e. The molecule has 0 aliphatic carbocycles. The van der Waals surface area contributed by atoms with Gasteiger partial charge in [-0.25, -0.2) is 0 Å². The Labute approximate surface area is 177 Å². The van der Waals surface area contributed by atoms with Crippen molar-refractivity contribution in [2.75, 3.05) is 13.2 Å². The summed E-state index contributed by atoms with van der Waals surface area (Å²) >= 11 is 0. The van der Waals surface area contributed by atoms with Gasteiger partial charge >= 0.3 is 0 Å². The highest BCUT2D eigenvalue weighted by atomic mass is 28.4. The quantitative estimate of drug-likeness (QED) is 0.359. The fourth-order valence-corrected chi connectivity index (χ4v) is 14.5. The van der Waals surface area contributed by atoms with Gasteiger partial charge in [0, 0.05) is 13.2 Å². The summed E-state index contributed by atoms with van der Waals surface area (Å²) in [5.41, 5.74) is 2.22. The topological polar surface area (TPSA) is 18.5 Å². The fourth-order valence-electron chi connectivity index (χ4n) is 5.03. The number of rotatable bonds is 12. The van der Waals surface area contributed by atoms with E-state index in [1.807, 2.05) is 0 Å². The summed E-state index contributed by atoms with van der Waals surface area (Å²) in [6.45, 7) is 24.9. The van der Waals surface area contributed by atoms with Crippen molar-refractivity contribution >= 4 is 27.0 Å². The van der Waals surface area contributed by atoms with Gasteiger partial charge in [-0.3, -0.25) is 0 Å². The summed E-state index contributed by atoms with van der Waals surface area (Å²) in [6.07, 6.45) is 2.15. The average molecular weight is 423 g/mol. The molecule has 2 nitrogen and oxygen atoms in total. The molecule has 28 heavy (non-hydrogen) atoms. The first-order valence-corrected chi connectivity index (χ1v) is 15.6. The average Bonchev–Trinajstić information content (AvgIpc) is 2.62. The van der Waals surface area contributed by atoms with Gasteiger partial charge in [0.2, 0.25) is 16.6 Å². The van der Waals surface area contributed by atoms with Gasteiger partial charge in [-0.05, 0) is 45.4 Å². The lowest BCUT2D eigenvalue weighted by Crippen LogP contribution is -2.58. The molecule has 1 rings (SSSR count). The zero-order chi connectivity index (χ0) is 21.5. The van der Waals surface area contributed by atoms with Gasteiger partial charge in [-0.2, -0.15) is 0 Å². The largest absolute Gasteiger partial charge is 0.412 e. The molecule has 0 spiro atoms. The molecule has 0 radical (unpaired) electrons. The summed E-state index contributed by atoms with van der Waals surface area (Å²) in [5, 5.41) is 2.89. The van der Waals surface area contributed by atoms with Gasteiger partial charge in [0.1, 0.15) is 0 Å². The van der Waals surface area contributed by atoms with E-state index in [4.69, 9.17) is 8.85 Å². The molecule has 0 saturated heterocycles. The maximum atomic E-state index is 6.69. The molecule has 0 aromatic heterocycles. The number of benzene rings is 1. The highest BCUT2D eigenvalue weighted by molar-refractivity contribution is 6.90. The Bertz CT molecular complexity index is 497. The molecular weight excluding hydrogens is 376 g/mol. The highest BCUT2D eigenvalue weighted by Crippen LogP contribution is 2.35. The van der Waals surface area contributed by atoms with E-state index in [-0.39, 0.29) is 0 Å². The molecular formula is C24H46O2Si2. The molecule has 0 N–H and O–H groups in total. The van der Waals surface area contributed by atoms with E-state index in [1.54, 1.807) is 0 Å². The summed E-state index contributed by atoms with van der Waals surface area (Å²) in [6, 6.07) is 9.55. The van der Waals surface area contributed by atoms with Crippen molar-refractivity contribution in [3.8, 4) is 0 Å². The van der Waals surface area contributed by atoms with Crippen LogP contribution in [0.25, 0.3) is 0 Å². The molecule has 1 aromatic rings. The molecule has 162 valence electrons. The second-order valence-corrected chi connectivity index (χ2v) is 19.0. The zero-order valence-electron chi connectivity index (χ0n) is 20.3. The van der Waals surface area contributed by atoms with Crippen LogP contribution >= 0.6 is 0 Å². The molecule has 1 aromatic carbocycles. The molecule has 0 atom stereocenters. The molecule has 0 fully saturated rings. The van der Waals surface area contributed by atoms with Crippen molar-refractivity contribution in [3.05, 3.63) is 24.3 Å². The predicted molar refractivity (Wildman–Crippen MR) is 130 cm³/mol. The van der Waals surface area contributed by atoms with E-state index in [0.29, 0.717) is 22.2 Å². The standard InChI is InChI=1S/C24H46O2Si2/c1-11-17-25-27(19(3)4,20(5)6)23-13-15-24(16-14-23)28(21(7)8,22(9)10)26-18-12-2/h13-16,19-22H,11-12,17-18H2,1-10H3. The van der Waals surface area contributed by atoms with E-state index in [2.05, 4.69) is 93.5 Å². The van der Waals surface area contributed by atoms with E-state index in [1.165, 1.54) is 10.4 Å². The van der Waals surface area contributed by atoms with Crippen LogP contribution in [0.3, 0.4) is 0 Å². The van der Waals surface area contributed by atoms with Crippen LogP contribution in [0.5, 0.6) is 0 Å². The maximum absolute atomic E-state index is 6.69. The van der Waals surface area contributed by atoms with Crippen molar-refractivity contribution in [2.24, 2.45) is 0 Å². The third-order valence-electron chi connectivity index (χ3n) is 6.31. The third kappa shape index (κ3) is 5.00. The molecule has 4 heteroatoms. The summed E-state index contributed by atoms with van der Waals surface area (Å²) in [5.74, 6) is 0. The molecule has 0 heterocycles. The van der Waals surface area contributed by atoms with Gasteiger partial charge in [0.25, 0.3) is 0 Å². The van der Waals surface area contributed by atoms with Crippen molar-refractivity contribution in [1.82, 2.24) is 0 Å². The Kier molecular flexibility index (Phi) is 10.2. The Hall–Kier alpha value is -0.426. The molecule has 0 aliphatic rings. The molecule has 0 bridgehead atoms. The minimum absolute atomic E-state index is 0.554. The third-order valence-corrected chi connectivity index (χ3v) is 17.0. The zero-order valence-corrected chi connectivity index (χ0v) is 22.3. The normalized spacial score (nSPS) is 13.4. The van der Waals surface area contributed by atoms with Crippen LogP contribution in [0.1, 0.15) is 82.1 Å². The Morgan fingerprint density at radius 2 is 0.821 bits per heavy atom. The lowest BCUT2D eigenvalue weighted by atomic mass is 10.4.